The van der Waals surface area contributed by atoms with Gasteiger partial charge in [0.05, 0.1) is 0 Å². The van der Waals surface area contributed by atoms with Gasteiger partial charge in [-0.15, -0.1) is 24.0 Å². The Balaban J connectivity index is 0.00000341. The van der Waals surface area contributed by atoms with E-state index in [2.05, 4.69) is 70.8 Å². The molecule has 6 nitrogen and oxygen atoms in total. The number of nitrogens with one attached hydrogen (secondary N) is 2. The average Bonchev–Trinajstić information content (AvgIpc) is 3.33. The van der Waals surface area contributed by atoms with Crippen LogP contribution < -0.4 is 15.5 Å². The highest BCUT2D eigenvalue weighted by Gasteiger charge is 2.26. The quantitative estimate of drug-likeness (QED) is 0.240. The minimum Gasteiger partial charge on any atom is -0.364 e. The minimum absolute atomic E-state index is 0. The number of hydrogen-bond acceptors (Lipinski definition) is 3. The van der Waals surface area contributed by atoms with Crippen molar-refractivity contribution in [1.29, 1.82) is 0 Å². The lowest BCUT2D eigenvalue weighted by Gasteiger charge is -2.34. The standard InChI is InChI=1S/C24H37N5O.HI/c1-4-20(5-2)23(30)29-16-12-21(13-17-29)27-24(25-3)26-18-19-8-10-22(11-9-19)28-14-6-7-15-28;/h6-11,20-21H,4-5,12-18H2,1-3H3,(H2,25,26,27);1H. The molecule has 2 aliphatic heterocycles. The number of likely N-dealkylation sites (tertiary alicyclic amines) is 1. The second kappa shape index (κ2) is 12.9. The molecule has 0 aliphatic carbocycles. The monoisotopic (exact) mass is 539 g/mol. The van der Waals surface area contributed by atoms with Crippen LogP contribution in [0.15, 0.2) is 41.4 Å². The highest BCUT2D eigenvalue weighted by Crippen LogP contribution is 2.18. The van der Waals surface area contributed by atoms with Crippen LogP contribution in [-0.4, -0.2) is 56.0 Å². The van der Waals surface area contributed by atoms with Crippen molar-refractivity contribution in [3.63, 3.8) is 0 Å². The van der Waals surface area contributed by atoms with E-state index >= 15 is 0 Å². The SMILES string of the molecule is CCC(CC)C(=O)N1CCC(NC(=NC)NCc2ccc(N3CC=CC3)cc2)CC1.I. The molecule has 0 saturated carbocycles. The summed E-state index contributed by atoms with van der Waals surface area (Å²) in [5.41, 5.74) is 2.50. The molecular weight excluding hydrogens is 501 g/mol. The predicted octanol–water partition coefficient (Wildman–Crippen LogP) is 3.77. The number of hydrogen-bond donors (Lipinski definition) is 2. The van der Waals surface area contributed by atoms with E-state index in [-0.39, 0.29) is 29.9 Å². The summed E-state index contributed by atoms with van der Waals surface area (Å²) >= 11 is 0. The normalized spacial score (nSPS) is 17.1. The Labute approximate surface area is 204 Å². The summed E-state index contributed by atoms with van der Waals surface area (Å²) in [6, 6.07) is 9.08. The lowest BCUT2D eigenvalue weighted by atomic mass is 9.98. The van der Waals surface area contributed by atoms with Gasteiger partial charge < -0.3 is 20.4 Å². The van der Waals surface area contributed by atoms with E-state index in [1.807, 2.05) is 11.9 Å². The smallest absolute Gasteiger partial charge is 0.225 e. The number of guanidine groups is 1. The van der Waals surface area contributed by atoms with Crippen molar-refractivity contribution in [3.05, 3.63) is 42.0 Å². The van der Waals surface area contributed by atoms with Crippen molar-refractivity contribution in [3.8, 4) is 0 Å². The number of anilines is 1. The minimum atomic E-state index is 0. The molecule has 0 radical (unpaired) electrons. The van der Waals surface area contributed by atoms with Crippen LogP contribution in [0.1, 0.15) is 45.1 Å². The molecule has 1 aromatic rings. The topological polar surface area (TPSA) is 60.0 Å². The van der Waals surface area contributed by atoms with Crippen LogP contribution in [0.5, 0.6) is 0 Å². The molecule has 1 saturated heterocycles. The van der Waals surface area contributed by atoms with E-state index in [0.29, 0.717) is 11.9 Å². The van der Waals surface area contributed by atoms with E-state index in [0.717, 1.165) is 64.4 Å². The molecule has 2 N–H and O–H groups in total. The first-order valence-electron chi connectivity index (χ1n) is 11.4. The van der Waals surface area contributed by atoms with Gasteiger partial charge in [0.25, 0.3) is 0 Å². The molecule has 1 aromatic carbocycles. The zero-order valence-electron chi connectivity index (χ0n) is 19.1. The maximum Gasteiger partial charge on any atom is 0.225 e. The molecule has 0 bridgehead atoms. The summed E-state index contributed by atoms with van der Waals surface area (Å²) < 4.78 is 0. The van der Waals surface area contributed by atoms with Gasteiger partial charge in [-0.3, -0.25) is 9.79 Å². The molecule has 0 atom stereocenters. The molecular formula is C24H38IN5O. The molecule has 0 aromatic heterocycles. The molecule has 2 aliphatic rings. The third-order valence-electron chi connectivity index (χ3n) is 6.29. The third kappa shape index (κ3) is 7.12. The third-order valence-corrected chi connectivity index (χ3v) is 6.29. The average molecular weight is 540 g/mol. The van der Waals surface area contributed by atoms with E-state index in [1.165, 1.54) is 11.3 Å². The van der Waals surface area contributed by atoms with Crippen LogP contribution >= 0.6 is 24.0 Å². The van der Waals surface area contributed by atoms with Gasteiger partial charge in [0.1, 0.15) is 0 Å². The summed E-state index contributed by atoms with van der Waals surface area (Å²) in [5.74, 6) is 1.33. The Bertz CT molecular complexity index is 729. The molecule has 1 amide bonds. The predicted molar refractivity (Wildman–Crippen MR) is 140 cm³/mol. The van der Waals surface area contributed by atoms with E-state index in [9.17, 15) is 4.79 Å². The number of aliphatic imine (C=N–C) groups is 1. The molecule has 7 heteroatoms. The first-order chi connectivity index (χ1) is 14.6. The van der Waals surface area contributed by atoms with Crippen molar-refractivity contribution in [2.45, 2.75) is 52.1 Å². The Hall–Kier alpha value is -1.77. The van der Waals surface area contributed by atoms with Gasteiger partial charge in [0, 0.05) is 57.4 Å². The molecule has 0 unspecified atom stereocenters. The van der Waals surface area contributed by atoms with Gasteiger partial charge in [-0.05, 0) is 43.4 Å². The van der Waals surface area contributed by atoms with Crippen molar-refractivity contribution in [2.24, 2.45) is 10.9 Å². The van der Waals surface area contributed by atoms with Crippen LogP contribution in [0.4, 0.5) is 5.69 Å². The molecule has 172 valence electrons. The maximum absolute atomic E-state index is 12.6. The number of rotatable bonds is 7. The summed E-state index contributed by atoms with van der Waals surface area (Å²) in [7, 11) is 1.81. The molecule has 31 heavy (non-hydrogen) atoms. The van der Waals surface area contributed by atoms with Crippen molar-refractivity contribution >= 4 is 41.5 Å². The molecule has 2 heterocycles. The van der Waals surface area contributed by atoms with E-state index in [4.69, 9.17) is 0 Å². The van der Waals surface area contributed by atoms with Crippen molar-refractivity contribution < 1.29 is 4.79 Å². The van der Waals surface area contributed by atoms with Gasteiger partial charge >= 0.3 is 0 Å². The number of halogens is 1. The zero-order valence-corrected chi connectivity index (χ0v) is 21.5. The fourth-order valence-electron chi connectivity index (χ4n) is 4.23. The number of carbonyl (C=O) groups excluding carboxylic acids is 1. The number of benzene rings is 1. The van der Waals surface area contributed by atoms with Gasteiger partial charge in [0.15, 0.2) is 5.96 Å². The van der Waals surface area contributed by atoms with Gasteiger partial charge in [0.2, 0.25) is 5.91 Å². The van der Waals surface area contributed by atoms with Crippen molar-refractivity contribution in [1.82, 2.24) is 15.5 Å². The Morgan fingerprint density at radius 3 is 2.26 bits per heavy atom. The summed E-state index contributed by atoms with van der Waals surface area (Å²) in [6.07, 6.45) is 8.20. The summed E-state index contributed by atoms with van der Waals surface area (Å²) in [4.78, 5) is 21.4. The second-order valence-electron chi connectivity index (χ2n) is 8.23. The van der Waals surface area contributed by atoms with Crippen LogP contribution in [0, 0.1) is 5.92 Å². The Morgan fingerprint density at radius 2 is 1.71 bits per heavy atom. The fourth-order valence-corrected chi connectivity index (χ4v) is 4.23. The number of amides is 1. The Kier molecular flexibility index (Phi) is 10.6. The summed E-state index contributed by atoms with van der Waals surface area (Å²) in [6.45, 7) is 8.60. The maximum atomic E-state index is 12.6. The fraction of sp³-hybridized carbons (Fsp3) is 0.583. The number of nitrogens with zero attached hydrogens (tertiary/aromatic N) is 3. The second-order valence-corrected chi connectivity index (χ2v) is 8.23. The van der Waals surface area contributed by atoms with Crippen LogP contribution in [0.25, 0.3) is 0 Å². The number of piperidine rings is 1. The number of carbonyl (C=O) groups is 1. The lowest BCUT2D eigenvalue weighted by Crippen LogP contribution is -2.50. The molecule has 0 spiro atoms. The van der Waals surface area contributed by atoms with Crippen LogP contribution in [-0.2, 0) is 11.3 Å². The van der Waals surface area contributed by atoms with Crippen LogP contribution in [0.3, 0.4) is 0 Å². The van der Waals surface area contributed by atoms with Crippen molar-refractivity contribution in [2.75, 3.05) is 38.1 Å². The summed E-state index contributed by atoms with van der Waals surface area (Å²) in [5, 5.41) is 6.96. The largest absolute Gasteiger partial charge is 0.364 e. The lowest BCUT2D eigenvalue weighted by molar-refractivity contribution is -0.136. The Morgan fingerprint density at radius 1 is 1.10 bits per heavy atom. The van der Waals surface area contributed by atoms with Gasteiger partial charge in [-0.25, -0.2) is 0 Å². The van der Waals surface area contributed by atoms with Crippen LogP contribution in [0.2, 0.25) is 0 Å². The first-order valence-corrected chi connectivity index (χ1v) is 11.4. The van der Waals surface area contributed by atoms with Gasteiger partial charge in [-0.2, -0.15) is 0 Å². The van der Waals surface area contributed by atoms with Gasteiger partial charge in [-0.1, -0.05) is 38.1 Å². The highest BCUT2D eigenvalue weighted by atomic mass is 127. The van der Waals surface area contributed by atoms with E-state index in [1.54, 1.807) is 0 Å². The first kappa shape index (κ1) is 25.5. The molecule has 1 fully saturated rings. The zero-order chi connectivity index (χ0) is 21.3. The van der Waals surface area contributed by atoms with E-state index < -0.39 is 0 Å². The molecule has 3 rings (SSSR count). The highest BCUT2D eigenvalue weighted by molar-refractivity contribution is 14.0.